The number of rotatable bonds is 5. The quantitative estimate of drug-likeness (QED) is 0.504. The van der Waals surface area contributed by atoms with Crippen LogP contribution in [0.15, 0.2) is 30.7 Å². The van der Waals surface area contributed by atoms with Crippen LogP contribution in [0, 0.1) is 12.7 Å². The first-order valence-electron chi connectivity index (χ1n) is 10.9. The number of halogens is 6. The largest absolute Gasteiger partial charge is 0.417 e. The number of ether oxygens (including phenoxy) is 1. The first kappa shape index (κ1) is 26.3. The first-order chi connectivity index (χ1) is 17.3. The van der Waals surface area contributed by atoms with Gasteiger partial charge in [0.2, 0.25) is 0 Å². The summed E-state index contributed by atoms with van der Waals surface area (Å²) in [5.41, 5.74) is -0.600. The van der Waals surface area contributed by atoms with E-state index in [0.29, 0.717) is 11.9 Å². The van der Waals surface area contributed by atoms with E-state index in [4.69, 9.17) is 4.74 Å². The Kier molecular flexibility index (Phi) is 6.83. The molecule has 1 N–H and O–H groups in total. The predicted octanol–water partition coefficient (Wildman–Crippen LogP) is 3.67. The first-order valence-corrected chi connectivity index (χ1v) is 10.9. The van der Waals surface area contributed by atoms with Crippen molar-refractivity contribution in [1.82, 2.24) is 29.6 Å². The Morgan fingerprint density at radius 2 is 1.86 bits per heavy atom. The zero-order chi connectivity index (χ0) is 27.1. The molecule has 198 valence electrons. The number of hydrogen-bond donors (Lipinski definition) is 1. The molecule has 15 heteroatoms. The Morgan fingerprint density at radius 3 is 2.46 bits per heavy atom. The van der Waals surface area contributed by atoms with Crippen LogP contribution in [0.1, 0.15) is 28.7 Å². The number of pyridine rings is 1. The molecule has 3 aromatic rings. The number of aryl methyl sites for hydroxylation is 1. The lowest BCUT2D eigenvalue weighted by Gasteiger charge is -2.43. The van der Waals surface area contributed by atoms with Gasteiger partial charge in [-0.15, -0.1) is 0 Å². The summed E-state index contributed by atoms with van der Waals surface area (Å²) in [5, 5.41) is 6.94. The SMILES string of the molecule is Cc1c(-c2ncc(F)cn2)c(C(=O)N2CC(F)(F)O[C@@H](C)[C@H]2CNc2ccc(C(F)(F)F)cn2)nn1C. The lowest BCUT2D eigenvalue weighted by molar-refractivity contribution is -0.298. The van der Waals surface area contributed by atoms with Crippen molar-refractivity contribution in [3.05, 3.63) is 53.5 Å². The van der Waals surface area contributed by atoms with Crippen molar-refractivity contribution in [2.75, 3.05) is 18.4 Å². The Bertz CT molecular complexity index is 1280. The van der Waals surface area contributed by atoms with Crippen molar-refractivity contribution >= 4 is 11.7 Å². The Balaban J connectivity index is 1.64. The maximum Gasteiger partial charge on any atom is 0.417 e. The molecule has 37 heavy (non-hydrogen) atoms. The van der Waals surface area contributed by atoms with E-state index in [1.54, 1.807) is 6.92 Å². The number of nitrogens with one attached hydrogen (secondary N) is 1. The lowest BCUT2D eigenvalue weighted by Crippen LogP contribution is -2.61. The fraction of sp³-hybridized carbons (Fsp3) is 0.409. The zero-order valence-corrected chi connectivity index (χ0v) is 19.7. The molecule has 1 amide bonds. The number of anilines is 1. The normalized spacial score (nSPS) is 19.6. The van der Waals surface area contributed by atoms with Gasteiger partial charge in [0.25, 0.3) is 5.91 Å². The van der Waals surface area contributed by atoms with Crippen molar-refractivity contribution in [1.29, 1.82) is 0 Å². The molecule has 0 bridgehead atoms. The second kappa shape index (κ2) is 9.61. The number of nitrogens with zero attached hydrogens (tertiary/aromatic N) is 6. The second-order valence-electron chi connectivity index (χ2n) is 8.43. The van der Waals surface area contributed by atoms with Gasteiger partial charge >= 0.3 is 12.3 Å². The maximum absolute atomic E-state index is 14.4. The van der Waals surface area contributed by atoms with Crippen LogP contribution < -0.4 is 5.32 Å². The summed E-state index contributed by atoms with van der Waals surface area (Å²) in [6.07, 6.45) is -6.99. The Labute approximate surface area is 206 Å². The topological polar surface area (TPSA) is 98.1 Å². The van der Waals surface area contributed by atoms with Gasteiger partial charge in [-0.25, -0.2) is 19.3 Å². The number of carbonyl (C=O) groups excluding carboxylic acids is 1. The van der Waals surface area contributed by atoms with Crippen LogP contribution in [0.2, 0.25) is 0 Å². The van der Waals surface area contributed by atoms with E-state index >= 15 is 0 Å². The lowest BCUT2D eigenvalue weighted by atomic mass is 10.1. The number of hydrogen-bond acceptors (Lipinski definition) is 7. The minimum atomic E-state index is -4.57. The molecule has 3 aromatic heterocycles. The van der Waals surface area contributed by atoms with Crippen LogP contribution in [0.25, 0.3) is 11.4 Å². The van der Waals surface area contributed by atoms with Crippen LogP contribution in [-0.4, -0.2) is 66.9 Å². The second-order valence-corrected chi connectivity index (χ2v) is 8.43. The molecule has 4 heterocycles. The van der Waals surface area contributed by atoms with Crippen LogP contribution in [0.4, 0.5) is 32.2 Å². The van der Waals surface area contributed by atoms with Gasteiger partial charge in [-0.05, 0) is 26.0 Å². The van der Waals surface area contributed by atoms with E-state index in [9.17, 15) is 31.1 Å². The molecule has 1 aliphatic rings. The third kappa shape index (κ3) is 5.50. The highest BCUT2D eigenvalue weighted by Gasteiger charge is 2.48. The Morgan fingerprint density at radius 1 is 1.19 bits per heavy atom. The summed E-state index contributed by atoms with van der Waals surface area (Å²) in [4.78, 5) is 26.0. The molecular weight excluding hydrogens is 508 g/mol. The number of morpholine rings is 1. The van der Waals surface area contributed by atoms with Gasteiger partial charge < -0.3 is 15.0 Å². The van der Waals surface area contributed by atoms with Crippen LogP contribution in [0.5, 0.6) is 0 Å². The van der Waals surface area contributed by atoms with Crippen molar-refractivity contribution in [3.63, 3.8) is 0 Å². The zero-order valence-electron chi connectivity index (χ0n) is 19.7. The molecule has 1 aliphatic heterocycles. The van der Waals surface area contributed by atoms with E-state index in [0.717, 1.165) is 29.4 Å². The summed E-state index contributed by atoms with van der Waals surface area (Å²) >= 11 is 0. The van der Waals surface area contributed by atoms with Crippen molar-refractivity contribution < 1.29 is 35.9 Å². The van der Waals surface area contributed by atoms with E-state index in [1.807, 2.05) is 0 Å². The van der Waals surface area contributed by atoms with Gasteiger partial charge in [0, 0.05) is 25.5 Å². The minimum Gasteiger partial charge on any atom is -0.368 e. The van der Waals surface area contributed by atoms with Crippen molar-refractivity contribution in [2.24, 2.45) is 7.05 Å². The minimum absolute atomic E-state index is 0.0213. The molecule has 4 rings (SSSR count). The van der Waals surface area contributed by atoms with Crippen molar-refractivity contribution in [3.8, 4) is 11.4 Å². The monoisotopic (exact) mass is 529 g/mol. The molecule has 0 radical (unpaired) electrons. The molecule has 0 aliphatic carbocycles. The van der Waals surface area contributed by atoms with E-state index in [2.05, 4.69) is 25.4 Å². The number of carbonyl (C=O) groups is 1. The summed E-state index contributed by atoms with van der Waals surface area (Å²) < 4.78 is 86.6. The fourth-order valence-corrected chi connectivity index (χ4v) is 3.93. The molecule has 9 nitrogen and oxygen atoms in total. The fourth-order valence-electron chi connectivity index (χ4n) is 3.93. The smallest absolute Gasteiger partial charge is 0.368 e. The van der Waals surface area contributed by atoms with Crippen LogP contribution in [0.3, 0.4) is 0 Å². The highest BCUT2D eigenvalue weighted by atomic mass is 19.4. The highest BCUT2D eigenvalue weighted by molar-refractivity contribution is 5.99. The van der Waals surface area contributed by atoms with Crippen molar-refractivity contribution in [2.45, 2.75) is 38.3 Å². The van der Waals surface area contributed by atoms with Gasteiger partial charge in [-0.3, -0.25) is 9.48 Å². The third-order valence-corrected chi connectivity index (χ3v) is 5.88. The summed E-state index contributed by atoms with van der Waals surface area (Å²) in [6.45, 7) is 1.67. The maximum atomic E-state index is 14.4. The number of aromatic nitrogens is 5. The van der Waals surface area contributed by atoms with Crippen LogP contribution >= 0.6 is 0 Å². The van der Waals surface area contributed by atoms with E-state index in [1.165, 1.54) is 18.7 Å². The van der Waals surface area contributed by atoms with E-state index in [-0.39, 0.29) is 29.4 Å². The molecule has 0 unspecified atom stereocenters. The average Bonchev–Trinajstić information content (AvgIpc) is 3.11. The standard InChI is InChI=1S/C22H21F6N7O2/c1-11-17(19-31-7-14(23)8-32-19)18(33-34(11)3)20(36)35-10-21(24,25)37-12(2)15(35)9-30-16-5-4-13(6-29-16)22(26,27)28/h4-8,12,15H,9-10H2,1-3H3,(H,29,30)/t12-,15+/m0/s1. The molecule has 2 atom stereocenters. The van der Waals surface area contributed by atoms with Gasteiger partial charge in [0.1, 0.15) is 12.4 Å². The van der Waals surface area contributed by atoms with Gasteiger partial charge in [-0.1, -0.05) is 0 Å². The Hall–Kier alpha value is -3.75. The molecule has 0 spiro atoms. The van der Waals surface area contributed by atoms with E-state index < -0.39 is 48.3 Å². The molecule has 1 fully saturated rings. The summed E-state index contributed by atoms with van der Waals surface area (Å²) in [7, 11) is 1.53. The number of amides is 1. The highest BCUT2D eigenvalue weighted by Crippen LogP contribution is 2.33. The van der Waals surface area contributed by atoms with Gasteiger partial charge in [0.05, 0.1) is 35.7 Å². The van der Waals surface area contributed by atoms with Gasteiger partial charge in [-0.2, -0.15) is 27.1 Å². The molecular formula is C22H21F6N7O2. The summed E-state index contributed by atoms with van der Waals surface area (Å²) in [5.74, 6) is -1.57. The predicted molar refractivity (Wildman–Crippen MR) is 117 cm³/mol. The molecule has 1 saturated heterocycles. The van der Waals surface area contributed by atoms with Crippen LogP contribution in [-0.2, 0) is 18.0 Å². The molecule has 0 saturated carbocycles. The number of alkyl halides is 5. The molecule has 0 aromatic carbocycles. The average molecular weight is 529 g/mol. The third-order valence-electron chi connectivity index (χ3n) is 5.88. The van der Waals surface area contributed by atoms with Gasteiger partial charge in [0.15, 0.2) is 17.3 Å². The summed E-state index contributed by atoms with van der Waals surface area (Å²) in [6, 6.07) is 0.920.